The smallest absolute Gasteiger partial charge is 0.132 e. The molecule has 3 rings (SSSR count). The van der Waals surface area contributed by atoms with Crippen molar-refractivity contribution in [2.45, 2.75) is 32.6 Å². The molecule has 3 nitrogen and oxygen atoms in total. The highest BCUT2D eigenvalue weighted by molar-refractivity contribution is 7.12. The summed E-state index contributed by atoms with van der Waals surface area (Å²) in [6.45, 7) is 5.03. The molecule has 0 fully saturated rings. The molecule has 2 aromatic rings. The van der Waals surface area contributed by atoms with E-state index in [1.807, 2.05) is 0 Å². The van der Waals surface area contributed by atoms with Crippen LogP contribution in [-0.2, 0) is 12.8 Å². The first-order chi connectivity index (χ1) is 9.70. The van der Waals surface area contributed by atoms with Crippen molar-refractivity contribution in [2.75, 3.05) is 6.61 Å². The molecule has 102 valence electrons. The maximum atomic E-state index is 8.84. The monoisotopic (exact) mass is 284 g/mol. The lowest BCUT2D eigenvalue weighted by Gasteiger charge is -2.15. The van der Waals surface area contributed by atoms with Gasteiger partial charge in [-0.3, -0.25) is 0 Å². The highest BCUT2D eigenvalue weighted by atomic mass is 32.1. The second-order valence-electron chi connectivity index (χ2n) is 5.19. The van der Waals surface area contributed by atoms with Gasteiger partial charge in [0.25, 0.3) is 0 Å². The van der Waals surface area contributed by atoms with Gasteiger partial charge in [0.2, 0.25) is 0 Å². The summed E-state index contributed by atoms with van der Waals surface area (Å²) in [7, 11) is 0. The molecular formula is C16H16N2OS. The number of hydrogen-bond acceptors (Lipinski definition) is 4. The van der Waals surface area contributed by atoms with Gasteiger partial charge in [-0.05, 0) is 17.5 Å². The molecule has 0 aliphatic carbocycles. The zero-order chi connectivity index (χ0) is 14.1. The third-order valence-corrected chi connectivity index (χ3v) is 4.59. The van der Waals surface area contributed by atoms with Crippen LogP contribution in [0.1, 0.15) is 35.2 Å². The van der Waals surface area contributed by atoms with E-state index in [1.165, 1.54) is 10.4 Å². The molecule has 0 unspecified atom stereocenters. The zero-order valence-electron chi connectivity index (χ0n) is 11.6. The molecule has 1 aliphatic heterocycles. The van der Waals surface area contributed by atoms with Gasteiger partial charge < -0.3 is 4.74 Å². The van der Waals surface area contributed by atoms with Crippen molar-refractivity contribution in [1.29, 1.82) is 5.26 Å². The standard InChI is InChI=1S/C16H16N2OS/c1-10(2)11-4-3-5-12-15-13(7-9-19-16(11)12)20-14(18-15)6-8-17/h3-5,10H,6-7,9H2,1-2H3. The minimum absolute atomic E-state index is 0.387. The Balaban J connectivity index is 2.17. The van der Waals surface area contributed by atoms with Crippen molar-refractivity contribution in [3.63, 3.8) is 0 Å². The van der Waals surface area contributed by atoms with Crippen molar-refractivity contribution in [2.24, 2.45) is 0 Å². The van der Waals surface area contributed by atoms with Gasteiger partial charge in [0, 0.05) is 16.9 Å². The van der Waals surface area contributed by atoms with E-state index < -0.39 is 0 Å². The van der Waals surface area contributed by atoms with Gasteiger partial charge in [-0.1, -0.05) is 26.0 Å². The van der Waals surface area contributed by atoms with E-state index in [2.05, 4.69) is 43.1 Å². The van der Waals surface area contributed by atoms with Crippen LogP contribution in [0.4, 0.5) is 0 Å². The molecule has 0 radical (unpaired) electrons. The second kappa shape index (κ2) is 5.26. The van der Waals surface area contributed by atoms with Crippen molar-refractivity contribution in [1.82, 2.24) is 4.98 Å². The molecule has 0 N–H and O–H groups in total. The van der Waals surface area contributed by atoms with Gasteiger partial charge in [-0.25, -0.2) is 4.98 Å². The summed E-state index contributed by atoms with van der Waals surface area (Å²) < 4.78 is 5.98. The molecule has 0 saturated heterocycles. The van der Waals surface area contributed by atoms with Gasteiger partial charge in [0.1, 0.15) is 10.8 Å². The van der Waals surface area contributed by atoms with E-state index in [1.54, 1.807) is 11.3 Å². The first-order valence-corrected chi connectivity index (χ1v) is 7.64. The fourth-order valence-corrected chi connectivity index (χ4v) is 3.52. The summed E-state index contributed by atoms with van der Waals surface area (Å²) in [4.78, 5) is 5.89. The number of rotatable bonds is 2. The predicted molar refractivity (Wildman–Crippen MR) is 80.2 cm³/mol. The summed E-state index contributed by atoms with van der Waals surface area (Å²) >= 11 is 1.64. The number of fused-ring (bicyclic) bond motifs is 3. The van der Waals surface area contributed by atoms with Gasteiger partial charge in [0.05, 0.1) is 24.8 Å². The number of benzene rings is 1. The minimum Gasteiger partial charge on any atom is -0.492 e. The van der Waals surface area contributed by atoms with E-state index in [-0.39, 0.29) is 0 Å². The summed E-state index contributed by atoms with van der Waals surface area (Å²) in [5.74, 6) is 1.39. The zero-order valence-corrected chi connectivity index (χ0v) is 12.5. The Morgan fingerprint density at radius 2 is 2.30 bits per heavy atom. The molecular weight excluding hydrogens is 268 g/mol. The summed E-state index contributed by atoms with van der Waals surface area (Å²) in [6, 6.07) is 8.44. The molecule has 1 aromatic carbocycles. The normalized spacial score (nSPS) is 13.1. The van der Waals surface area contributed by atoms with Crippen molar-refractivity contribution in [3.8, 4) is 23.1 Å². The topological polar surface area (TPSA) is 45.9 Å². The fraction of sp³-hybridized carbons (Fsp3) is 0.375. The van der Waals surface area contributed by atoms with Crippen LogP contribution in [0.25, 0.3) is 11.3 Å². The number of thiazole rings is 1. The maximum Gasteiger partial charge on any atom is 0.132 e. The number of hydrogen-bond donors (Lipinski definition) is 0. The second-order valence-corrected chi connectivity index (χ2v) is 6.36. The lowest BCUT2D eigenvalue weighted by atomic mass is 9.97. The highest BCUT2D eigenvalue weighted by Gasteiger charge is 2.22. The van der Waals surface area contributed by atoms with E-state index in [0.717, 1.165) is 28.4 Å². The van der Waals surface area contributed by atoms with Crippen molar-refractivity contribution >= 4 is 11.3 Å². The van der Waals surface area contributed by atoms with Crippen LogP contribution >= 0.6 is 11.3 Å². The lowest BCUT2D eigenvalue weighted by molar-refractivity contribution is 0.323. The molecule has 2 heterocycles. The van der Waals surface area contributed by atoms with E-state index in [9.17, 15) is 0 Å². The molecule has 1 aliphatic rings. The SMILES string of the molecule is CC(C)c1cccc2c1OCCc1sc(CC#N)nc1-2. The Bertz CT molecular complexity index is 682. The van der Waals surface area contributed by atoms with Crippen LogP contribution in [0.5, 0.6) is 5.75 Å². The number of nitrogens with zero attached hydrogens (tertiary/aromatic N) is 2. The summed E-state index contributed by atoms with van der Waals surface area (Å²) in [6.07, 6.45) is 1.25. The first kappa shape index (κ1) is 13.1. The van der Waals surface area contributed by atoms with Gasteiger partial charge in [-0.2, -0.15) is 5.26 Å². The van der Waals surface area contributed by atoms with Crippen molar-refractivity contribution < 1.29 is 4.74 Å². The largest absolute Gasteiger partial charge is 0.492 e. The minimum atomic E-state index is 0.387. The Morgan fingerprint density at radius 3 is 3.05 bits per heavy atom. The number of nitriles is 1. The van der Waals surface area contributed by atoms with Crippen LogP contribution in [0.2, 0.25) is 0 Å². The summed E-state index contributed by atoms with van der Waals surface area (Å²) in [5.41, 5.74) is 3.31. The third-order valence-electron chi connectivity index (χ3n) is 3.47. The number of ether oxygens (including phenoxy) is 1. The molecule has 0 bridgehead atoms. The summed E-state index contributed by atoms with van der Waals surface area (Å²) in [5, 5.41) is 9.74. The van der Waals surface area contributed by atoms with Gasteiger partial charge in [0.15, 0.2) is 0 Å². The Morgan fingerprint density at radius 1 is 1.45 bits per heavy atom. The molecule has 4 heteroatoms. The van der Waals surface area contributed by atoms with Crippen LogP contribution < -0.4 is 4.74 Å². The molecule has 0 amide bonds. The average molecular weight is 284 g/mol. The van der Waals surface area contributed by atoms with Crippen LogP contribution in [0.3, 0.4) is 0 Å². The Kier molecular flexibility index (Phi) is 3.45. The molecule has 0 spiro atoms. The van der Waals surface area contributed by atoms with E-state index in [0.29, 0.717) is 18.9 Å². The molecule has 1 aromatic heterocycles. The van der Waals surface area contributed by atoms with Crippen LogP contribution in [0, 0.1) is 11.3 Å². The Labute approximate surface area is 122 Å². The van der Waals surface area contributed by atoms with Gasteiger partial charge in [-0.15, -0.1) is 11.3 Å². The van der Waals surface area contributed by atoms with Crippen LogP contribution in [0.15, 0.2) is 18.2 Å². The number of para-hydroxylation sites is 1. The number of aromatic nitrogens is 1. The molecule has 20 heavy (non-hydrogen) atoms. The average Bonchev–Trinajstić information content (AvgIpc) is 2.74. The quantitative estimate of drug-likeness (QED) is 0.839. The lowest BCUT2D eigenvalue weighted by Crippen LogP contribution is -2.01. The Hall–Kier alpha value is -1.86. The van der Waals surface area contributed by atoms with E-state index in [4.69, 9.17) is 10.00 Å². The first-order valence-electron chi connectivity index (χ1n) is 6.82. The predicted octanol–water partition coefficient (Wildman–Crippen LogP) is 3.93. The fourth-order valence-electron chi connectivity index (χ4n) is 2.53. The van der Waals surface area contributed by atoms with E-state index >= 15 is 0 Å². The molecule has 0 atom stereocenters. The highest BCUT2D eigenvalue weighted by Crippen LogP contribution is 2.41. The maximum absolute atomic E-state index is 8.84. The van der Waals surface area contributed by atoms with Crippen LogP contribution in [-0.4, -0.2) is 11.6 Å². The van der Waals surface area contributed by atoms with Gasteiger partial charge >= 0.3 is 0 Å². The molecule has 0 saturated carbocycles. The third kappa shape index (κ3) is 2.19. The van der Waals surface area contributed by atoms with Crippen molar-refractivity contribution in [3.05, 3.63) is 33.6 Å².